The van der Waals surface area contributed by atoms with Crippen molar-refractivity contribution in [2.24, 2.45) is 5.73 Å². The summed E-state index contributed by atoms with van der Waals surface area (Å²) in [4.78, 5) is 4.03. The zero-order valence-electron chi connectivity index (χ0n) is 9.32. The van der Waals surface area contributed by atoms with Crippen LogP contribution < -0.4 is 5.73 Å². The van der Waals surface area contributed by atoms with Gasteiger partial charge in [0, 0.05) is 12.4 Å². The van der Waals surface area contributed by atoms with E-state index in [9.17, 15) is 4.39 Å². The van der Waals surface area contributed by atoms with Gasteiger partial charge in [0.15, 0.2) is 0 Å². The molecular weight excluding hydrogens is 239 g/mol. The Bertz CT molecular complexity index is 543. The van der Waals surface area contributed by atoms with Crippen molar-refractivity contribution >= 4 is 11.6 Å². The molecule has 0 saturated carbocycles. The molecule has 1 unspecified atom stereocenters. The Kier molecular flexibility index (Phi) is 3.41. The monoisotopic (exact) mass is 250 g/mol. The first kappa shape index (κ1) is 12.0. The van der Waals surface area contributed by atoms with Crippen LogP contribution in [-0.4, -0.2) is 4.98 Å². The minimum absolute atomic E-state index is 0.0725. The maximum absolute atomic E-state index is 13.4. The topological polar surface area (TPSA) is 38.9 Å². The van der Waals surface area contributed by atoms with Crippen molar-refractivity contribution in [2.75, 3.05) is 0 Å². The Hall–Kier alpha value is -1.45. The van der Waals surface area contributed by atoms with Crippen LogP contribution in [0.2, 0.25) is 5.02 Å². The van der Waals surface area contributed by atoms with Gasteiger partial charge in [-0.1, -0.05) is 23.7 Å². The van der Waals surface area contributed by atoms with E-state index in [1.54, 1.807) is 24.5 Å². The molecule has 0 amide bonds. The van der Waals surface area contributed by atoms with Crippen molar-refractivity contribution in [1.82, 2.24) is 4.98 Å². The fourth-order valence-electron chi connectivity index (χ4n) is 1.73. The first-order valence-electron chi connectivity index (χ1n) is 5.21. The van der Waals surface area contributed by atoms with Gasteiger partial charge in [-0.15, -0.1) is 0 Å². The molecule has 0 saturated heterocycles. The smallest absolute Gasteiger partial charge is 0.142 e. The molecule has 1 atom stereocenters. The first-order chi connectivity index (χ1) is 8.11. The summed E-state index contributed by atoms with van der Waals surface area (Å²) >= 11 is 5.91. The molecule has 0 bridgehead atoms. The molecule has 0 aliphatic carbocycles. The zero-order chi connectivity index (χ0) is 12.4. The molecule has 0 spiro atoms. The molecule has 1 aromatic carbocycles. The largest absolute Gasteiger partial charge is 0.320 e. The second kappa shape index (κ2) is 4.82. The van der Waals surface area contributed by atoms with E-state index in [0.717, 1.165) is 11.1 Å². The lowest BCUT2D eigenvalue weighted by Gasteiger charge is -2.16. The first-order valence-corrected chi connectivity index (χ1v) is 5.59. The van der Waals surface area contributed by atoms with Gasteiger partial charge >= 0.3 is 0 Å². The predicted octanol–water partition coefficient (Wildman–Crippen LogP) is 3.23. The van der Waals surface area contributed by atoms with Crippen LogP contribution in [-0.2, 0) is 0 Å². The number of halogens is 2. The summed E-state index contributed by atoms with van der Waals surface area (Å²) in [5.41, 5.74) is 8.52. The molecule has 0 aliphatic rings. The molecule has 2 nitrogen and oxygen atoms in total. The van der Waals surface area contributed by atoms with Crippen LogP contribution in [0.4, 0.5) is 4.39 Å². The summed E-state index contributed by atoms with van der Waals surface area (Å²) in [5, 5.41) is 0.0725. The lowest BCUT2D eigenvalue weighted by atomic mass is 9.97. The van der Waals surface area contributed by atoms with E-state index in [0.29, 0.717) is 5.56 Å². The number of pyridine rings is 1. The SMILES string of the molecule is Cc1ccncc1C(N)c1cccc(F)c1Cl. The Balaban J connectivity index is 2.48. The fraction of sp³-hybridized carbons (Fsp3) is 0.154. The van der Waals surface area contributed by atoms with Crippen LogP contribution in [0.1, 0.15) is 22.7 Å². The van der Waals surface area contributed by atoms with Crippen LogP contribution in [0.25, 0.3) is 0 Å². The van der Waals surface area contributed by atoms with E-state index in [1.165, 1.54) is 6.07 Å². The average Bonchev–Trinajstić information content (AvgIpc) is 2.32. The van der Waals surface area contributed by atoms with E-state index >= 15 is 0 Å². The van der Waals surface area contributed by atoms with Crippen molar-refractivity contribution in [1.29, 1.82) is 0 Å². The molecule has 1 heterocycles. The third-order valence-corrected chi connectivity index (χ3v) is 3.13. The number of rotatable bonds is 2. The molecule has 0 radical (unpaired) electrons. The van der Waals surface area contributed by atoms with Crippen LogP contribution in [0.5, 0.6) is 0 Å². The van der Waals surface area contributed by atoms with Gasteiger partial charge < -0.3 is 5.73 Å². The quantitative estimate of drug-likeness (QED) is 0.889. The van der Waals surface area contributed by atoms with Crippen LogP contribution in [0, 0.1) is 12.7 Å². The molecule has 17 heavy (non-hydrogen) atoms. The van der Waals surface area contributed by atoms with E-state index in [2.05, 4.69) is 4.98 Å². The van der Waals surface area contributed by atoms with Crippen LogP contribution in [0.15, 0.2) is 36.7 Å². The van der Waals surface area contributed by atoms with Crippen molar-refractivity contribution < 1.29 is 4.39 Å². The summed E-state index contributed by atoms with van der Waals surface area (Å²) in [5.74, 6) is -0.457. The molecule has 1 aromatic heterocycles. The maximum atomic E-state index is 13.4. The minimum atomic E-state index is -0.466. The van der Waals surface area contributed by atoms with Gasteiger partial charge in [0.2, 0.25) is 0 Å². The molecule has 2 rings (SSSR count). The number of aromatic nitrogens is 1. The molecule has 0 aliphatic heterocycles. The highest BCUT2D eigenvalue weighted by Crippen LogP contribution is 2.29. The molecule has 2 aromatic rings. The Morgan fingerprint density at radius 2 is 2.06 bits per heavy atom. The van der Waals surface area contributed by atoms with Gasteiger partial charge in [-0.2, -0.15) is 0 Å². The third-order valence-electron chi connectivity index (χ3n) is 2.73. The summed E-state index contributed by atoms with van der Waals surface area (Å²) in [6.07, 6.45) is 3.37. The van der Waals surface area contributed by atoms with Crippen molar-refractivity contribution in [3.8, 4) is 0 Å². The van der Waals surface area contributed by atoms with Gasteiger partial charge in [0.05, 0.1) is 11.1 Å². The number of nitrogens with zero attached hydrogens (tertiary/aromatic N) is 1. The minimum Gasteiger partial charge on any atom is -0.320 e. The van der Waals surface area contributed by atoms with Crippen molar-refractivity contribution in [3.63, 3.8) is 0 Å². The lowest BCUT2D eigenvalue weighted by Crippen LogP contribution is -2.14. The molecule has 88 valence electrons. The summed E-state index contributed by atoms with van der Waals surface area (Å²) < 4.78 is 13.4. The fourth-order valence-corrected chi connectivity index (χ4v) is 1.97. The van der Waals surface area contributed by atoms with Crippen molar-refractivity contribution in [3.05, 3.63) is 64.2 Å². The number of benzene rings is 1. The van der Waals surface area contributed by atoms with E-state index in [4.69, 9.17) is 17.3 Å². The lowest BCUT2D eigenvalue weighted by molar-refractivity contribution is 0.624. The number of nitrogens with two attached hydrogens (primary N) is 1. The van der Waals surface area contributed by atoms with Gasteiger partial charge in [-0.05, 0) is 35.7 Å². The molecule has 2 N–H and O–H groups in total. The Labute approximate surface area is 104 Å². The highest BCUT2D eigenvalue weighted by molar-refractivity contribution is 6.31. The number of hydrogen-bond donors (Lipinski definition) is 1. The van der Waals surface area contributed by atoms with Gasteiger partial charge in [0.25, 0.3) is 0 Å². The van der Waals surface area contributed by atoms with Gasteiger partial charge in [-0.25, -0.2) is 4.39 Å². The molecule has 4 heteroatoms. The second-order valence-corrected chi connectivity index (χ2v) is 4.23. The zero-order valence-corrected chi connectivity index (χ0v) is 10.1. The average molecular weight is 251 g/mol. The number of aryl methyl sites for hydroxylation is 1. The van der Waals surface area contributed by atoms with Crippen LogP contribution in [0.3, 0.4) is 0 Å². The molecule has 0 fully saturated rings. The molecular formula is C13H12ClFN2. The highest BCUT2D eigenvalue weighted by Gasteiger charge is 2.16. The van der Waals surface area contributed by atoms with E-state index in [1.807, 2.05) is 13.0 Å². The highest BCUT2D eigenvalue weighted by atomic mass is 35.5. The van der Waals surface area contributed by atoms with Gasteiger partial charge in [0.1, 0.15) is 5.82 Å². The van der Waals surface area contributed by atoms with E-state index in [-0.39, 0.29) is 5.02 Å². The van der Waals surface area contributed by atoms with Crippen LogP contribution >= 0.6 is 11.6 Å². The number of hydrogen-bond acceptors (Lipinski definition) is 2. The summed E-state index contributed by atoms with van der Waals surface area (Å²) in [6, 6.07) is 6.04. The summed E-state index contributed by atoms with van der Waals surface area (Å²) in [7, 11) is 0. The Morgan fingerprint density at radius 3 is 2.76 bits per heavy atom. The maximum Gasteiger partial charge on any atom is 0.142 e. The predicted molar refractivity (Wildman–Crippen MR) is 66.4 cm³/mol. The van der Waals surface area contributed by atoms with E-state index < -0.39 is 11.9 Å². The summed E-state index contributed by atoms with van der Waals surface area (Å²) in [6.45, 7) is 1.93. The third kappa shape index (κ3) is 2.30. The second-order valence-electron chi connectivity index (χ2n) is 3.85. The normalized spacial score (nSPS) is 12.5. The standard InChI is InChI=1S/C13H12ClFN2/c1-8-5-6-17-7-10(8)13(16)9-3-2-4-11(15)12(9)14/h2-7,13H,16H2,1H3. The Morgan fingerprint density at radius 1 is 1.29 bits per heavy atom. The van der Waals surface area contributed by atoms with Gasteiger partial charge in [-0.3, -0.25) is 4.98 Å². The van der Waals surface area contributed by atoms with Crippen molar-refractivity contribution in [2.45, 2.75) is 13.0 Å².